The van der Waals surface area contributed by atoms with Gasteiger partial charge in [0.2, 0.25) is 5.91 Å². The van der Waals surface area contributed by atoms with E-state index in [2.05, 4.69) is 14.8 Å². The maximum atomic E-state index is 12.5. The molecule has 1 aromatic rings. The van der Waals surface area contributed by atoms with Crippen molar-refractivity contribution in [2.75, 3.05) is 19.8 Å². The van der Waals surface area contributed by atoms with Crippen LogP contribution in [0, 0.1) is 6.92 Å². The fraction of sp³-hybridized carbons (Fsp3) is 0.667. The lowest BCUT2D eigenvalue weighted by molar-refractivity contribution is -0.138. The zero-order valence-corrected chi connectivity index (χ0v) is 13.8. The number of piperidine rings is 1. The van der Waals surface area contributed by atoms with Crippen LogP contribution in [0.4, 0.5) is 0 Å². The normalized spacial score (nSPS) is 31.6. The molecule has 0 saturated carbocycles. The number of ether oxygens (including phenoxy) is 1. The van der Waals surface area contributed by atoms with Crippen LogP contribution in [-0.2, 0) is 16.1 Å². The Morgan fingerprint density at radius 1 is 1.26 bits per heavy atom. The summed E-state index contributed by atoms with van der Waals surface area (Å²) in [4.78, 5) is 21.8. The van der Waals surface area contributed by atoms with Gasteiger partial charge >= 0.3 is 0 Å². The molecular weight excluding hydrogens is 290 g/mol. The Kier molecular flexibility index (Phi) is 4.07. The van der Waals surface area contributed by atoms with E-state index in [1.54, 1.807) is 0 Å². The van der Waals surface area contributed by atoms with Gasteiger partial charge in [0.15, 0.2) is 0 Å². The molecule has 0 radical (unpaired) electrons. The molecule has 3 aliphatic heterocycles. The summed E-state index contributed by atoms with van der Waals surface area (Å²) in [6.07, 6.45) is 3.88. The lowest BCUT2D eigenvalue weighted by atomic mass is 9.95. The number of nitrogens with zero attached hydrogens (tertiary/aromatic N) is 3. The fourth-order valence-corrected chi connectivity index (χ4v) is 4.49. The van der Waals surface area contributed by atoms with E-state index in [1.807, 2.05) is 25.1 Å². The molecule has 0 N–H and O–H groups in total. The Bertz CT molecular complexity index is 585. The molecule has 3 saturated heterocycles. The van der Waals surface area contributed by atoms with Crippen LogP contribution < -0.4 is 0 Å². The SMILES string of the molecule is Cc1cccc(CN2C(=O)CC[C@@H]3[C@H]2CCN3C2CCOC2)n1. The number of carbonyl (C=O) groups excluding carboxylic acids is 1. The average molecular weight is 315 g/mol. The summed E-state index contributed by atoms with van der Waals surface area (Å²) in [7, 11) is 0. The standard InChI is InChI=1S/C18H25N3O2/c1-13-3-2-4-14(19-13)11-21-17-7-9-20(15-8-10-23-12-15)16(17)5-6-18(21)22/h2-4,15-17H,5-12H2,1H3/t15?,16-,17-/m1/s1. The van der Waals surface area contributed by atoms with E-state index in [-0.39, 0.29) is 0 Å². The van der Waals surface area contributed by atoms with Gasteiger partial charge in [-0.25, -0.2) is 0 Å². The van der Waals surface area contributed by atoms with Gasteiger partial charge in [0.1, 0.15) is 0 Å². The molecule has 5 heteroatoms. The topological polar surface area (TPSA) is 45.7 Å². The predicted octanol–water partition coefficient (Wildman–Crippen LogP) is 1.74. The highest BCUT2D eigenvalue weighted by atomic mass is 16.5. The third kappa shape index (κ3) is 2.88. The van der Waals surface area contributed by atoms with Gasteiger partial charge in [0, 0.05) is 43.4 Å². The van der Waals surface area contributed by atoms with Crippen LogP contribution in [0.25, 0.3) is 0 Å². The summed E-state index contributed by atoms with van der Waals surface area (Å²) in [6.45, 7) is 5.48. The van der Waals surface area contributed by atoms with E-state index in [0.29, 0.717) is 37.0 Å². The van der Waals surface area contributed by atoms with Crippen LogP contribution in [0.1, 0.15) is 37.1 Å². The molecule has 23 heavy (non-hydrogen) atoms. The van der Waals surface area contributed by atoms with Crippen molar-refractivity contribution in [3.63, 3.8) is 0 Å². The van der Waals surface area contributed by atoms with Crippen LogP contribution in [-0.4, -0.2) is 58.6 Å². The van der Waals surface area contributed by atoms with Gasteiger partial charge in [-0.1, -0.05) is 6.07 Å². The Hall–Kier alpha value is -1.46. The van der Waals surface area contributed by atoms with Crippen LogP contribution in [0.2, 0.25) is 0 Å². The molecule has 3 aliphatic rings. The van der Waals surface area contributed by atoms with Crippen LogP contribution in [0.15, 0.2) is 18.2 Å². The van der Waals surface area contributed by atoms with Gasteiger partial charge in [-0.2, -0.15) is 0 Å². The minimum atomic E-state index is 0.291. The molecule has 5 nitrogen and oxygen atoms in total. The Morgan fingerprint density at radius 2 is 2.17 bits per heavy atom. The van der Waals surface area contributed by atoms with Gasteiger partial charge in [-0.05, 0) is 38.3 Å². The van der Waals surface area contributed by atoms with Crippen molar-refractivity contribution in [3.8, 4) is 0 Å². The lowest BCUT2D eigenvalue weighted by Gasteiger charge is -2.41. The highest BCUT2D eigenvalue weighted by Crippen LogP contribution is 2.35. The third-order valence-electron chi connectivity index (χ3n) is 5.58. The van der Waals surface area contributed by atoms with Gasteiger partial charge < -0.3 is 9.64 Å². The molecule has 3 fully saturated rings. The van der Waals surface area contributed by atoms with E-state index in [9.17, 15) is 4.79 Å². The first-order valence-corrected chi connectivity index (χ1v) is 8.78. The summed E-state index contributed by atoms with van der Waals surface area (Å²) < 4.78 is 5.57. The summed E-state index contributed by atoms with van der Waals surface area (Å²) in [6, 6.07) is 7.46. The summed E-state index contributed by atoms with van der Waals surface area (Å²) >= 11 is 0. The Balaban J connectivity index is 1.51. The van der Waals surface area contributed by atoms with Crippen LogP contribution in [0.5, 0.6) is 0 Å². The van der Waals surface area contributed by atoms with E-state index >= 15 is 0 Å². The second kappa shape index (κ2) is 6.21. The van der Waals surface area contributed by atoms with Crippen LogP contribution in [0.3, 0.4) is 0 Å². The average Bonchev–Trinajstić information content (AvgIpc) is 3.19. The van der Waals surface area contributed by atoms with Crippen LogP contribution >= 0.6 is 0 Å². The number of likely N-dealkylation sites (tertiary alicyclic amines) is 2. The first kappa shape index (κ1) is 15.1. The highest BCUT2D eigenvalue weighted by Gasteiger charge is 2.45. The van der Waals surface area contributed by atoms with Gasteiger partial charge in [-0.15, -0.1) is 0 Å². The summed E-state index contributed by atoms with van der Waals surface area (Å²) in [5.41, 5.74) is 2.02. The van der Waals surface area contributed by atoms with E-state index < -0.39 is 0 Å². The van der Waals surface area contributed by atoms with Crippen molar-refractivity contribution < 1.29 is 9.53 Å². The highest BCUT2D eigenvalue weighted by molar-refractivity contribution is 5.77. The van der Waals surface area contributed by atoms with E-state index in [1.165, 1.54) is 0 Å². The Morgan fingerprint density at radius 3 is 2.96 bits per heavy atom. The lowest BCUT2D eigenvalue weighted by Crippen LogP contribution is -2.53. The number of fused-ring (bicyclic) bond motifs is 1. The second-order valence-electron chi connectivity index (χ2n) is 7.01. The number of aryl methyl sites for hydroxylation is 1. The van der Waals surface area contributed by atoms with E-state index in [4.69, 9.17) is 4.74 Å². The fourth-order valence-electron chi connectivity index (χ4n) is 4.49. The number of pyridine rings is 1. The number of hydrogen-bond acceptors (Lipinski definition) is 4. The molecule has 124 valence electrons. The van der Waals surface area contributed by atoms with E-state index in [0.717, 1.165) is 50.4 Å². The molecule has 0 bridgehead atoms. The number of rotatable bonds is 3. The maximum Gasteiger partial charge on any atom is 0.223 e. The second-order valence-corrected chi connectivity index (χ2v) is 7.01. The number of aromatic nitrogens is 1. The minimum Gasteiger partial charge on any atom is -0.380 e. The molecule has 4 rings (SSSR count). The molecule has 1 unspecified atom stereocenters. The molecule has 3 atom stereocenters. The quantitative estimate of drug-likeness (QED) is 0.852. The van der Waals surface area contributed by atoms with Crippen molar-refractivity contribution >= 4 is 5.91 Å². The van der Waals surface area contributed by atoms with Gasteiger partial charge in [0.25, 0.3) is 0 Å². The zero-order valence-electron chi connectivity index (χ0n) is 13.8. The van der Waals surface area contributed by atoms with Gasteiger partial charge in [-0.3, -0.25) is 14.7 Å². The minimum absolute atomic E-state index is 0.291. The molecule has 1 aromatic heterocycles. The van der Waals surface area contributed by atoms with Crippen molar-refractivity contribution in [1.29, 1.82) is 0 Å². The number of amides is 1. The zero-order chi connectivity index (χ0) is 15.8. The van der Waals surface area contributed by atoms with Crippen molar-refractivity contribution in [3.05, 3.63) is 29.6 Å². The predicted molar refractivity (Wildman–Crippen MR) is 86.9 cm³/mol. The molecular formula is C18H25N3O2. The molecule has 0 spiro atoms. The monoisotopic (exact) mass is 315 g/mol. The van der Waals surface area contributed by atoms with Crippen molar-refractivity contribution in [2.24, 2.45) is 0 Å². The largest absolute Gasteiger partial charge is 0.380 e. The molecule has 4 heterocycles. The van der Waals surface area contributed by atoms with Crippen molar-refractivity contribution in [2.45, 2.75) is 57.3 Å². The number of hydrogen-bond donors (Lipinski definition) is 0. The first-order valence-electron chi connectivity index (χ1n) is 8.78. The Labute approximate surface area is 137 Å². The smallest absolute Gasteiger partial charge is 0.223 e. The number of carbonyl (C=O) groups is 1. The molecule has 0 aliphatic carbocycles. The summed E-state index contributed by atoms with van der Waals surface area (Å²) in [5.74, 6) is 0.291. The molecule has 1 amide bonds. The molecule has 0 aromatic carbocycles. The van der Waals surface area contributed by atoms with Crippen molar-refractivity contribution in [1.82, 2.24) is 14.8 Å². The first-order chi connectivity index (χ1) is 11.2. The summed E-state index contributed by atoms with van der Waals surface area (Å²) in [5, 5.41) is 0. The van der Waals surface area contributed by atoms with Gasteiger partial charge in [0.05, 0.1) is 18.8 Å². The maximum absolute atomic E-state index is 12.5. The third-order valence-corrected chi connectivity index (χ3v) is 5.58.